The average molecular weight is 289 g/mol. The van der Waals surface area contributed by atoms with E-state index >= 15 is 0 Å². The molecule has 0 atom stereocenters. The number of thiazole rings is 1. The van der Waals surface area contributed by atoms with Crippen molar-refractivity contribution in [3.8, 4) is 11.3 Å². The zero-order valence-corrected chi connectivity index (χ0v) is 12.3. The summed E-state index contributed by atoms with van der Waals surface area (Å²) in [5, 5.41) is 10.4. The van der Waals surface area contributed by atoms with Crippen LogP contribution in [0.3, 0.4) is 0 Å². The van der Waals surface area contributed by atoms with Crippen LogP contribution in [0.1, 0.15) is 17.8 Å². The Kier molecular flexibility index (Phi) is 3.48. The summed E-state index contributed by atoms with van der Waals surface area (Å²) in [6, 6.07) is 8.76. The van der Waals surface area contributed by atoms with Gasteiger partial charge in [-0.25, -0.2) is 4.98 Å². The van der Waals surface area contributed by atoms with Crippen LogP contribution in [0.25, 0.3) is 11.3 Å². The first-order valence-electron chi connectivity index (χ1n) is 6.31. The molecule has 0 amide bonds. The van der Waals surface area contributed by atoms with Gasteiger partial charge in [-0.1, -0.05) is 12.1 Å². The molecule has 98 valence electrons. The fourth-order valence-corrected chi connectivity index (χ4v) is 2.74. The molecule has 3 rings (SSSR count). The van der Waals surface area contributed by atoms with Gasteiger partial charge in [0.25, 0.3) is 0 Å². The van der Waals surface area contributed by atoms with Crippen molar-refractivity contribution in [3.63, 3.8) is 0 Å². The van der Waals surface area contributed by atoms with Gasteiger partial charge in [-0.2, -0.15) is 0 Å². The smallest absolute Gasteiger partial charge is 0.170 e. The second kappa shape index (κ2) is 5.27. The van der Waals surface area contributed by atoms with Crippen LogP contribution in [0.4, 0.5) is 5.69 Å². The largest absolute Gasteiger partial charge is 0.360 e. The molecule has 1 aliphatic carbocycles. The van der Waals surface area contributed by atoms with E-state index < -0.39 is 0 Å². The van der Waals surface area contributed by atoms with Gasteiger partial charge < -0.3 is 10.6 Å². The van der Waals surface area contributed by atoms with Gasteiger partial charge in [0.2, 0.25) is 0 Å². The van der Waals surface area contributed by atoms with E-state index in [9.17, 15) is 0 Å². The van der Waals surface area contributed by atoms with Crippen LogP contribution in [0, 0.1) is 6.92 Å². The normalized spacial score (nSPS) is 14.2. The highest BCUT2D eigenvalue weighted by molar-refractivity contribution is 7.80. The van der Waals surface area contributed by atoms with E-state index in [1.54, 1.807) is 11.3 Å². The number of aromatic nitrogens is 1. The number of hydrogen-bond donors (Lipinski definition) is 2. The fourth-order valence-electron chi connectivity index (χ4n) is 1.83. The van der Waals surface area contributed by atoms with Crippen molar-refractivity contribution < 1.29 is 0 Å². The summed E-state index contributed by atoms with van der Waals surface area (Å²) in [5.41, 5.74) is 3.14. The number of aryl methyl sites for hydroxylation is 1. The van der Waals surface area contributed by atoms with Gasteiger partial charge >= 0.3 is 0 Å². The molecule has 0 radical (unpaired) electrons. The molecule has 1 fully saturated rings. The molecular formula is C14H15N3S2. The zero-order valence-electron chi connectivity index (χ0n) is 10.6. The third kappa shape index (κ3) is 3.30. The van der Waals surface area contributed by atoms with Gasteiger partial charge in [0.15, 0.2) is 5.11 Å². The molecular weight excluding hydrogens is 274 g/mol. The lowest BCUT2D eigenvalue weighted by molar-refractivity contribution is 0.919. The molecule has 19 heavy (non-hydrogen) atoms. The predicted molar refractivity (Wildman–Crippen MR) is 84.7 cm³/mol. The zero-order chi connectivity index (χ0) is 13.2. The SMILES string of the molecule is Cc1nc(-c2cccc(NC(=S)NC3CC3)c2)cs1. The van der Waals surface area contributed by atoms with Crippen LogP contribution in [0.5, 0.6) is 0 Å². The first-order chi connectivity index (χ1) is 9.20. The number of thiocarbonyl (C=S) groups is 1. The number of anilines is 1. The van der Waals surface area contributed by atoms with Gasteiger partial charge in [-0.15, -0.1) is 11.3 Å². The Morgan fingerprint density at radius 2 is 2.26 bits per heavy atom. The Bertz CT molecular complexity index is 602. The van der Waals surface area contributed by atoms with E-state index in [4.69, 9.17) is 12.2 Å². The molecule has 1 heterocycles. The molecule has 1 aromatic carbocycles. The Labute approximate surface area is 122 Å². The van der Waals surface area contributed by atoms with Gasteiger partial charge in [0.1, 0.15) is 0 Å². The lowest BCUT2D eigenvalue weighted by Crippen LogP contribution is -2.30. The Morgan fingerprint density at radius 1 is 1.42 bits per heavy atom. The van der Waals surface area contributed by atoms with Gasteiger partial charge in [-0.3, -0.25) is 0 Å². The van der Waals surface area contributed by atoms with Crippen LogP contribution in [-0.4, -0.2) is 16.1 Å². The number of hydrogen-bond acceptors (Lipinski definition) is 3. The summed E-state index contributed by atoms with van der Waals surface area (Å²) >= 11 is 6.95. The molecule has 0 saturated heterocycles. The van der Waals surface area contributed by atoms with E-state index in [2.05, 4.69) is 33.1 Å². The standard InChI is InChI=1S/C14H15N3S2/c1-9-15-13(8-19-9)10-3-2-4-12(7-10)17-14(18)16-11-5-6-11/h2-4,7-8,11H,5-6H2,1H3,(H2,16,17,18). The van der Waals surface area contributed by atoms with Gasteiger partial charge in [0.05, 0.1) is 10.7 Å². The quantitative estimate of drug-likeness (QED) is 0.847. The van der Waals surface area contributed by atoms with E-state index in [-0.39, 0.29) is 0 Å². The maximum Gasteiger partial charge on any atom is 0.170 e. The number of nitrogens with zero attached hydrogens (tertiary/aromatic N) is 1. The molecule has 3 nitrogen and oxygen atoms in total. The van der Waals surface area contributed by atoms with Crippen molar-refractivity contribution >= 4 is 34.4 Å². The molecule has 5 heteroatoms. The van der Waals surface area contributed by atoms with E-state index in [0.29, 0.717) is 11.2 Å². The highest BCUT2D eigenvalue weighted by Gasteiger charge is 2.21. The molecule has 0 spiro atoms. The second-order valence-electron chi connectivity index (χ2n) is 4.71. The molecule has 2 aromatic rings. The summed E-state index contributed by atoms with van der Waals surface area (Å²) in [7, 11) is 0. The summed E-state index contributed by atoms with van der Waals surface area (Å²) in [6.07, 6.45) is 2.44. The minimum Gasteiger partial charge on any atom is -0.360 e. The molecule has 0 aliphatic heterocycles. The Balaban J connectivity index is 1.73. The minimum atomic E-state index is 0.573. The molecule has 0 bridgehead atoms. The maximum absolute atomic E-state index is 5.28. The van der Waals surface area contributed by atoms with Gasteiger partial charge in [-0.05, 0) is 44.1 Å². The van der Waals surface area contributed by atoms with Crippen molar-refractivity contribution in [1.29, 1.82) is 0 Å². The summed E-state index contributed by atoms with van der Waals surface area (Å²) < 4.78 is 0. The molecule has 1 aliphatic rings. The van der Waals surface area contributed by atoms with Crippen molar-refractivity contribution in [1.82, 2.24) is 10.3 Å². The van der Waals surface area contributed by atoms with Crippen LogP contribution < -0.4 is 10.6 Å². The van der Waals surface area contributed by atoms with Crippen LogP contribution in [-0.2, 0) is 0 Å². The van der Waals surface area contributed by atoms with Crippen LogP contribution in [0.15, 0.2) is 29.6 Å². The van der Waals surface area contributed by atoms with E-state index in [1.807, 2.05) is 19.1 Å². The Hall–Kier alpha value is -1.46. The first kappa shape index (κ1) is 12.6. The molecule has 2 N–H and O–H groups in total. The summed E-state index contributed by atoms with van der Waals surface area (Å²) in [4.78, 5) is 4.50. The van der Waals surface area contributed by atoms with Crippen LogP contribution in [0.2, 0.25) is 0 Å². The van der Waals surface area contributed by atoms with Crippen molar-refractivity contribution in [2.24, 2.45) is 0 Å². The first-order valence-corrected chi connectivity index (χ1v) is 7.59. The second-order valence-corrected chi connectivity index (χ2v) is 6.18. The van der Waals surface area contributed by atoms with Crippen LogP contribution >= 0.6 is 23.6 Å². The monoisotopic (exact) mass is 289 g/mol. The van der Waals surface area contributed by atoms with E-state index in [1.165, 1.54) is 12.8 Å². The fraction of sp³-hybridized carbons (Fsp3) is 0.286. The minimum absolute atomic E-state index is 0.573. The van der Waals surface area contributed by atoms with Crippen molar-refractivity contribution in [2.45, 2.75) is 25.8 Å². The van der Waals surface area contributed by atoms with Crippen molar-refractivity contribution in [2.75, 3.05) is 5.32 Å². The lowest BCUT2D eigenvalue weighted by atomic mass is 10.1. The van der Waals surface area contributed by atoms with Crippen molar-refractivity contribution in [3.05, 3.63) is 34.7 Å². The maximum atomic E-state index is 5.28. The number of rotatable bonds is 3. The highest BCUT2D eigenvalue weighted by Crippen LogP contribution is 2.24. The average Bonchev–Trinajstić information content (AvgIpc) is 3.08. The predicted octanol–water partition coefficient (Wildman–Crippen LogP) is 3.57. The summed E-state index contributed by atoms with van der Waals surface area (Å²) in [6.45, 7) is 2.02. The van der Waals surface area contributed by atoms with Gasteiger partial charge in [0, 0.05) is 22.7 Å². The lowest BCUT2D eigenvalue weighted by Gasteiger charge is -2.10. The Morgan fingerprint density at radius 3 is 2.95 bits per heavy atom. The highest BCUT2D eigenvalue weighted by atomic mass is 32.1. The topological polar surface area (TPSA) is 37.0 Å². The third-order valence-electron chi connectivity index (χ3n) is 2.95. The molecule has 1 saturated carbocycles. The number of nitrogens with one attached hydrogen (secondary N) is 2. The third-order valence-corrected chi connectivity index (χ3v) is 3.94. The summed E-state index contributed by atoms with van der Waals surface area (Å²) in [5.74, 6) is 0. The van der Waals surface area contributed by atoms with E-state index in [0.717, 1.165) is 22.0 Å². The molecule has 0 unspecified atom stereocenters. The number of benzene rings is 1. The molecule has 1 aromatic heterocycles.